The predicted molar refractivity (Wildman–Crippen MR) is 138 cm³/mol. The van der Waals surface area contributed by atoms with E-state index in [1.54, 1.807) is 30.5 Å². The van der Waals surface area contributed by atoms with E-state index in [9.17, 15) is 14.7 Å². The molecule has 8 heteroatoms. The van der Waals surface area contributed by atoms with Crippen molar-refractivity contribution in [2.75, 3.05) is 0 Å². The zero-order chi connectivity index (χ0) is 24.7. The van der Waals surface area contributed by atoms with Gasteiger partial charge in [-0.25, -0.2) is 9.78 Å². The third-order valence-corrected chi connectivity index (χ3v) is 6.32. The van der Waals surface area contributed by atoms with E-state index in [0.29, 0.717) is 16.7 Å². The average molecular weight is 521 g/mol. The van der Waals surface area contributed by atoms with E-state index >= 15 is 0 Å². The Morgan fingerprint density at radius 3 is 2.53 bits per heavy atom. The lowest BCUT2D eigenvalue weighted by Gasteiger charge is -2.14. The number of hydrogen-bond donors (Lipinski definition) is 1. The molecule has 4 rings (SSSR count). The Morgan fingerprint density at radius 1 is 1.12 bits per heavy atom. The summed E-state index contributed by atoms with van der Waals surface area (Å²) in [6.07, 6.45) is 1.66. The predicted octanol–water partition coefficient (Wildman–Crippen LogP) is 5.58. The highest BCUT2D eigenvalue weighted by molar-refractivity contribution is 9.10. The molecular formula is C26H25BrN4O3. The molecule has 2 aromatic carbocycles. The standard InChI is InChI=1S/C26H25BrN4O3/c1-14(2)24-29-22-9-8-20(27)12-21(22)25(32)31(24)28-13-19-10-16(4)30(17(19)5)23-11-18(26(33)34)7-6-15(23)3/h6-14H,1-5H3,(H,33,34). The third kappa shape index (κ3) is 4.21. The highest BCUT2D eigenvalue weighted by Crippen LogP contribution is 2.24. The molecule has 0 saturated heterocycles. The number of aromatic nitrogens is 3. The summed E-state index contributed by atoms with van der Waals surface area (Å²) in [5.41, 5.74) is 5.03. The molecule has 0 atom stereocenters. The van der Waals surface area contributed by atoms with E-state index in [4.69, 9.17) is 0 Å². The van der Waals surface area contributed by atoms with Gasteiger partial charge in [0.25, 0.3) is 5.56 Å². The maximum absolute atomic E-state index is 13.3. The van der Waals surface area contributed by atoms with Crippen LogP contribution < -0.4 is 5.56 Å². The zero-order valence-corrected chi connectivity index (χ0v) is 21.2. The van der Waals surface area contributed by atoms with E-state index in [1.807, 2.05) is 57.4 Å². The van der Waals surface area contributed by atoms with Crippen LogP contribution in [0, 0.1) is 20.8 Å². The van der Waals surface area contributed by atoms with Crippen molar-refractivity contribution in [3.63, 3.8) is 0 Å². The van der Waals surface area contributed by atoms with Crippen molar-refractivity contribution in [2.24, 2.45) is 5.10 Å². The number of rotatable bonds is 5. The topological polar surface area (TPSA) is 89.5 Å². The molecule has 1 N–H and O–H groups in total. The summed E-state index contributed by atoms with van der Waals surface area (Å²) in [6, 6.07) is 12.5. The highest BCUT2D eigenvalue weighted by Gasteiger charge is 2.16. The van der Waals surface area contributed by atoms with Crippen LogP contribution in [0.4, 0.5) is 0 Å². The van der Waals surface area contributed by atoms with Crippen LogP contribution in [0.3, 0.4) is 0 Å². The number of hydrogen-bond acceptors (Lipinski definition) is 4. The van der Waals surface area contributed by atoms with E-state index in [0.717, 1.165) is 32.7 Å². The molecule has 0 spiro atoms. The van der Waals surface area contributed by atoms with Crippen LogP contribution in [0.15, 0.2) is 56.8 Å². The van der Waals surface area contributed by atoms with Gasteiger partial charge in [-0.1, -0.05) is 35.8 Å². The largest absolute Gasteiger partial charge is 0.478 e. The lowest BCUT2D eigenvalue weighted by Crippen LogP contribution is -2.23. The molecule has 0 aliphatic carbocycles. The van der Waals surface area contributed by atoms with Gasteiger partial charge in [0.15, 0.2) is 0 Å². The van der Waals surface area contributed by atoms with Crippen LogP contribution in [0.1, 0.15) is 58.5 Å². The van der Waals surface area contributed by atoms with Gasteiger partial charge in [-0.15, -0.1) is 0 Å². The quantitative estimate of drug-likeness (QED) is 0.348. The summed E-state index contributed by atoms with van der Waals surface area (Å²) < 4.78 is 4.17. The van der Waals surface area contributed by atoms with E-state index in [1.165, 1.54) is 4.68 Å². The van der Waals surface area contributed by atoms with Gasteiger partial charge in [-0.05, 0) is 62.7 Å². The Morgan fingerprint density at radius 2 is 1.85 bits per heavy atom. The van der Waals surface area contributed by atoms with E-state index in [-0.39, 0.29) is 17.0 Å². The summed E-state index contributed by atoms with van der Waals surface area (Å²) in [6.45, 7) is 9.80. The van der Waals surface area contributed by atoms with Crippen molar-refractivity contribution in [3.8, 4) is 5.69 Å². The Bertz CT molecular complexity index is 1530. The number of aromatic carboxylic acids is 1. The maximum atomic E-state index is 13.3. The number of fused-ring (bicyclic) bond motifs is 1. The first-order valence-electron chi connectivity index (χ1n) is 10.9. The number of benzene rings is 2. The second-order valence-electron chi connectivity index (χ2n) is 8.62. The van der Waals surface area contributed by atoms with Gasteiger partial charge >= 0.3 is 5.97 Å². The lowest BCUT2D eigenvalue weighted by atomic mass is 10.1. The molecule has 0 aliphatic heterocycles. The van der Waals surface area contributed by atoms with Crippen LogP contribution in [-0.2, 0) is 0 Å². The van der Waals surface area contributed by atoms with Crippen molar-refractivity contribution in [1.29, 1.82) is 0 Å². The SMILES string of the molecule is Cc1ccc(C(=O)O)cc1-n1c(C)cc(C=Nn2c(C(C)C)nc3ccc(Br)cc3c2=O)c1C. The van der Waals surface area contributed by atoms with Crippen LogP contribution in [0.25, 0.3) is 16.6 Å². The summed E-state index contributed by atoms with van der Waals surface area (Å²) in [4.78, 5) is 29.5. The van der Waals surface area contributed by atoms with Crippen LogP contribution >= 0.6 is 15.9 Å². The number of carbonyl (C=O) groups is 1. The summed E-state index contributed by atoms with van der Waals surface area (Å²) in [5, 5.41) is 14.5. The van der Waals surface area contributed by atoms with Crippen LogP contribution in [0.2, 0.25) is 0 Å². The summed E-state index contributed by atoms with van der Waals surface area (Å²) in [7, 11) is 0. The van der Waals surface area contributed by atoms with Gasteiger partial charge < -0.3 is 9.67 Å². The number of aryl methyl sites for hydroxylation is 2. The minimum absolute atomic E-state index is 0.00765. The fourth-order valence-electron chi connectivity index (χ4n) is 4.04. The van der Waals surface area contributed by atoms with Gasteiger partial charge in [0, 0.05) is 33.0 Å². The monoisotopic (exact) mass is 520 g/mol. The van der Waals surface area contributed by atoms with E-state index < -0.39 is 5.97 Å². The minimum Gasteiger partial charge on any atom is -0.478 e. The van der Waals surface area contributed by atoms with Crippen LogP contribution in [0.5, 0.6) is 0 Å². The van der Waals surface area contributed by atoms with Gasteiger partial charge in [0.2, 0.25) is 0 Å². The Labute approximate surface area is 205 Å². The number of nitrogens with zero attached hydrogens (tertiary/aromatic N) is 4. The second kappa shape index (κ2) is 9.02. The molecule has 0 aliphatic rings. The molecule has 2 heterocycles. The molecule has 0 fully saturated rings. The lowest BCUT2D eigenvalue weighted by molar-refractivity contribution is 0.0697. The summed E-state index contributed by atoms with van der Waals surface area (Å²) >= 11 is 3.42. The molecule has 0 unspecified atom stereocenters. The molecule has 34 heavy (non-hydrogen) atoms. The summed E-state index contributed by atoms with van der Waals surface area (Å²) in [5.74, 6) is -0.400. The van der Waals surface area contributed by atoms with Gasteiger partial charge in [0.05, 0.1) is 22.7 Å². The zero-order valence-electron chi connectivity index (χ0n) is 19.6. The van der Waals surface area contributed by atoms with Crippen molar-refractivity contribution >= 4 is 39.0 Å². The molecule has 0 amide bonds. The number of carboxylic acids is 1. The Hall–Kier alpha value is -3.52. The normalized spacial score (nSPS) is 11.7. The molecular weight excluding hydrogens is 496 g/mol. The van der Waals surface area contributed by atoms with Gasteiger partial charge in [-0.3, -0.25) is 4.79 Å². The first-order valence-corrected chi connectivity index (χ1v) is 11.7. The molecule has 7 nitrogen and oxygen atoms in total. The minimum atomic E-state index is -0.971. The number of halogens is 1. The van der Waals surface area contributed by atoms with Crippen molar-refractivity contribution in [3.05, 3.63) is 91.2 Å². The first-order chi connectivity index (χ1) is 16.1. The highest BCUT2D eigenvalue weighted by atomic mass is 79.9. The smallest absolute Gasteiger partial charge is 0.335 e. The number of carboxylic acid groups (broad SMARTS) is 1. The molecule has 0 saturated carbocycles. The molecule has 174 valence electrons. The third-order valence-electron chi connectivity index (χ3n) is 5.83. The average Bonchev–Trinajstić information content (AvgIpc) is 3.06. The molecule has 2 aromatic heterocycles. The Kier molecular flexibility index (Phi) is 6.27. The fraction of sp³-hybridized carbons (Fsp3) is 0.231. The molecule has 0 bridgehead atoms. The second-order valence-corrected chi connectivity index (χ2v) is 9.53. The van der Waals surface area contributed by atoms with Crippen molar-refractivity contribution in [1.82, 2.24) is 14.2 Å². The maximum Gasteiger partial charge on any atom is 0.335 e. The van der Waals surface area contributed by atoms with Crippen molar-refractivity contribution in [2.45, 2.75) is 40.5 Å². The van der Waals surface area contributed by atoms with Crippen LogP contribution in [-0.4, -0.2) is 31.5 Å². The van der Waals surface area contributed by atoms with Gasteiger partial charge in [0.1, 0.15) is 5.82 Å². The van der Waals surface area contributed by atoms with Crippen molar-refractivity contribution < 1.29 is 9.90 Å². The fourth-order valence-corrected chi connectivity index (χ4v) is 4.40. The van der Waals surface area contributed by atoms with Gasteiger partial charge in [-0.2, -0.15) is 9.78 Å². The molecule has 0 radical (unpaired) electrons. The van der Waals surface area contributed by atoms with E-state index in [2.05, 4.69) is 26.0 Å². The first kappa shape index (κ1) is 23.6. The Balaban J connectivity index is 1.85. The molecule has 4 aromatic rings.